The van der Waals surface area contributed by atoms with Crippen LogP contribution in [-0.2, 0) is 0 Å². The van der Waals surface area contributed by atoms with E-state index in [0.29, 0.717) is 27.6 Å². The van der Waals surface area contributed by atoms with Crippen LogP contribution >= 0.6 is 23.4 Å². The van der Waals surface area contributed by atoms with E-state index in [0.717, 1.165) is 32.2 Å². The molecular formula is C23H28ClF2N7OS. The summed E-state index contributed by atoms with van der Waals surface area (Å²) < 4.78 is 35.3. The number of ether oxygens (including phenoxy) is 1. The van der Waals surface area contributed by atoms with E-state index in [9.17, 15) is 8.78 Å². The number of aliphatic imine (C=N–C) groups is 3. The lowest BCUT2D eigenvalue weighted by Crippen LogP contribution is -2.47. The van der Waals surface area contributed by atoms with E-state index in [4.69, 9.17) is 16.3 Å². The first-order chi connectivity index (χ1) is 16.8. The van der Waals surface area contributed by atoms with Gasteiger partial charge in [0.05, 0.1) is 22.0 Å². The van der Waals surface area contributed by atoms with Gasteiger partial charge >= 0.3 is 0 Å². The Hall–Kier alpha value is -2.89. The van der Waals surface area contributed by atoms with Gasteiger partial charge in [-0.05, 0) is 33.5 Å². The summed E-state index contributed by atoms with van der Waals surface area (Å²) in [7, 11) is 2.05. The molecule has 188 valence electrons. The van der Waals surface area contributed by atoms with Crippen LogP contribution in [0, 0.1) is 18.6 Å². The molecule has 2 heterocycles. The van der Waals surface area contributed by atoms with Crippen molar-refractivity contribution in [3.05, 3.63) is 51.9 Å². The zero-order valence-corrected chi connectivity index (χ0v) is 21.2. The fraction of sp³-hybridized carbons (Fsp3) is 0.348. The minimum atomic E-state index is -0.635. The molecule has 0 spiro atoms. The molecule has 1 aliphatic heterocycles. The first kappa shape index (κ1) is 26.7. The molecule has 2 aromatic rings. The van der Waals surface area contributed by atoms with E-state index >= 15 is 0 Å². The van der Waals surface area contributed by atoms with Gasteiger partial charge in [-0.3, -0.25) is 4.99 Å². The van der Waals surface area contributed by atoms with Crippen LogP contribution in [0.1, 0.15) is 5.69 Å². The molecule has 0 unspecified atom stereocenters. The standard InChI is InChI=1S/C23H28ClF2N7OS/c1-15-9-16-22(26)18(10-17(25)23(16)31-15)34-13-29-21(33-7-5-32(4)6-8-33)11-20(28-3)30-14-35-19(24)12-27-2/h9-12,30-31H,2-3,5-8,13-14H2,1,4H3/b19-12-,20-11+,29-21+. The van der Waals surface area contributed by atoms with Gasteiger partial charge in [0.1, 0.15) is 11.7 Å². The smallest absolute Gasteiger partial charge is 0.181 e. The zero-order chi connectivity index (χ0) is 25.4. The molecule has 35 heavy (non-hydrogen) atoms. The summed E-state index contributed by atoms with van der Waals surface area (Å²) in [6.45, 7) is 11.7. The number of H-pyrrole nitrogens is 1. The Labute approximate surface area is 212 Å². The van der Waals surface area contributed by atoms with E-state index in [1.807, 2.05) is 7.05 Å². The predicted molar refractivity (Wildman–Crippen MR) is 142 cm³/mol. The van der Waals surface area contributed by atoms with Crippen LogP contribution < -0.4 is 10.1 Å². The summed E-state index contributed by atoms with van der Waals surface area (Å²) in [4.78, 5) is 19.3. The number of aromatic nitrogens is 1. The zero-order valence-electron chi connectivity index (χ0n) is 19.7. The van der Waals surface area contributed by atoms with Gasteiger partial charge in [-0.15, -0.1) is 0 Å². The van der Waals surface area contributed by atoms with Crippen LogP contribution in [0.15, 0.2) is 49.6 Å². The molecule has 1 aliphatic rings. The summed E-state index contributed by atoms with van der Waals surface area (Å²) >= 11 is 7.33. The van der Waals surface area contributed by atoms with Gasteiger partial charge in [0.15, 0.2) is 24.1 Å². The number of thioether (sulfide) groups is 1. The lowest BCUT2D eigenvalue weighted by Gasteiger charge is -2.33. The second-order valence-corrected chi connectivity index (χ2v) is 9.41. The van der Waals surface area contributed by atoms with E-state index in [1.165, 1.54) is 18.0 Å². The van der Waals surface area contributed by atoms with Crippen LogP contribution in [0.5, 0.6) is 5.75 Å². The van der Waals surface area contributed by atoms with Crippen LogP contribution in [0.4, 0.5) is 8.78 Å². The number of benzene rings is 1. The minimum absolute atomic E-state index is 0.112. The number of hydrogen-bond acceptors (Lipinski definition) is 7. The largest absolute Gasteiger partial charge is 0.468 e. The van der Waals surface area contributed by atoms with E-state index in [2.05, 4.69) is 48.5 Å². The highest BCUT2D eigenvalue weighted by molar-refractivity contribution is 8.04. The van der Waals surface area contributed by atoms with E-state index < -0.39 is 11.6 Å². The van der Waals surface area contributed by atoms with Gasteiger partial charge in [0.2, 0.25) is 0 Å². The predicted octanol–water partition coefficient (Wildman–Crippen LogP) is 4.30. The third-order valence-corrected chi connectivity index (χ3v) is 6.36. The average molecular weight is 524 g/mol. The van der Waals surface area contributed by atoms with Crippen molar-refractivity contribution in [2.24, 2.45) is 15.0 Å². The van der Waals surface area contributed by atoms with Gasteiger partial charge in [-0.1, -0.05) is 23.4 Å². The van der Waals surface area contributed by atoms with Crippen molar-refractivity contribution in [2.75, 3.05) is 45.8 Å². The maximum atomic E-state index is 14.9. The van der Waals surface area contributed by atoms with Crippen molar-refractivity contribution in [3.8, 4) is 5.75 Å². The molecule has 1 aromatic carbocycles. The van der Waals surface area contributed by atoms with Gasteiger partial charge in [0.25, 0.3) is 0 Å². The number of hydrogen-bond donors (Lipinski definition) is 2. The number of rotatable bonds is 10. The van der Waals surface area contributed by atoms with Crippen molar-refractivity contribution in [1.82, 2.24) is 20.1 Å². The maximum absolute atomic E-state index is 14.9. The number of aryl methyl sites for hydroxylation is 1. The number of aromatic amines is 1. The van der Waals surface area contributed by atoms with Crippen molar-refractivity contribution >= 4 is 53.5 Å². The van der Waals surface area contributed by atoms with E-state index in [-0.39, 0.29) is 23.4 Å². The molecule has 1 saturated heterocycles. The number of nitrogens with one attached hydrogen (secondary N) is 2. The number of nitrogens with zero attached hydrogens (tertiary/aromatic N) is 5. The van der Waals surface area contributed by atoms with Gasteiger partial charge in [0, 0.05) is 49.4 Å². The Kier molecular flexibility index (Phi) is 9.70. The molecule has 8 nitrogen and oxygen atoms in total. The number of piperazine rings is 1. The summed E-state index contributed by atoms with van der Waals surface area (Å²) in [5.74, 6) is 0.0615. The first-order valence-corrected chi connectivity index (χ1v) is 12.1. The van der Waals surface area contributed by atoms with Crippen molar-refractivity contribution in [2.45, 2.75) is 6.92 Å². The SMILES string of the molecule is C=N/C=C(/Cl)SCN/C(=C/C(=N\COc1cc(F)c2[nH]c(C)cc2c1F)N1CCN(C)CC1)N=C. The van der Waals surface area contributed by atoms with Crippen LogP contribution in [-0.4, -0.2) is 79.9 Å². The lowest BCUT2D eigenvalue weighted by molar-refractivity contribution is 0.214. The summed E-state index contributed by atoms with van der Waals surface area (Å²) in [6, 6.07) is 2.57. The third kappa shape index (κ3) is 7.30. The second kappa shape index (κ2) is 12.7. The Morgan fingerprint density at radius 2 is 2.03 bits per heavy atom. The quantitative estimate of drug-likeness (QED) is 0.276. The van der Waals surface area contributed by atoms with Gasteiger partial charge in [-0.2, -0.15) is 0 Å². The second-order valence-electron chi connectivity index (χ2n) is 7.76. The Morgan fingerprint density at radius 3 is 2.71 bits per heavy atom. The molecule has 0 atom stereocenters. The van der Waals surface area contributed by atoms with Crippen LogP contribution in [0.3, 0.4) is 0 Å². The highest BCUT2D eigenvalue weighted by Crippen LogP contribution is 2.29. The average Bonchev–Trinajstić information content (AvgIpc) is 3.24. The highest BCUT2D eigenvalue weighted by atomic mass is 35.5. The van der Waals surface area contributed by atoms with Crippen molar-refractivity contribution < 1.29 is 13.5 Å². The molecule has 3 rings (SSSR count). The molecule has 0 saturated carbocycles. The molecule has 0 bridgehead atoms. The first-order valence-electron chi connectivity index (χ1n) is 10.8. The number of halogens is 3. The maximum Gasteiger partial charge on any atom is 0.181 e. The fourth-order valence-electron chi connectivity index (χ4n) is 3.44. The van der Waals surface area contributed by atoms with Gasteiger partial charge < -0.3 is 24.8 Å². The highest BCUT2D eigenvalue weighted by Gasteiger charge is 2.18. The normalized spacial score (nSPS) is 16.0. The molecule has 2 N–H and O–H groups in total. The molecular weight excluding hydrogens is 496 g/mol. The van der Waals surface area contributed by atoms with Crippen molar-refractivity contribution in [1.29, 1.82) is 0 Å². The monoisotopic (exact) mass is 523 g/mol. The Morgan fingerprint density at radius 1 is 1.29 bits per heavy atom. The Bertz CT molecular complexity index is 1160. The minimum Gasteiger partial charge on any atom is -0.468 e. The number of amidine groups is 1. The lowest BCUT2D eigenvalue weighted by atomic mass is 10.2. The molecule has 1 aromatic heterocycles. The third-order valence-electron chi connectivity index (χ3n) is 5.27. The number of fused-ring (bicyclic) bond motifs is 1. The molecule has 0 radical (unpaired) electrons. The fourth-order valence-corrected chi connectivity index (χ4v) is 4.18. The Balaban J connectivity index is 1.78. The van der Waals surface area contributed by atoms with E-state index in [1.54, 1.807) is 19.1 Å². The van der Waals surface area contributed by atoms with Crippen LogP contribution in [0.25, 0.3) is 10.9 Å². The van der Waals surface area contributed by atoms with Gasteiger partial charge in [-0.25, -0.2) is 18.8 Å². The van der Waals surface area contributed by atoms with Crippen molar-refractivity contribution in [3.63, 3.8) is 0 Å². The summed E-state index contributed by atoms with van der Waals surface area (Å²) in [5.41, 5.74) is 0.768. The molecule has 1 fully saturated rings. The van der Waals surface area contributed by atoms with Crippen LogP contribution in [0.2, 0.25) is 0 Å². The summed E-state index contributed by atoms with van der Waals surface area (Å²) in [6.07, 6.45) is 3.18. The number of likely N-dealkylation sites (N-methyl/N-ethyl adjacent to an activating group) is 1. The molecule has 0 amide bonds. The molecule has 12 heteroatoms. The topological polar surface area (TPSA) is 80.6 Å². The summed E-state index contributed by atoms with van der Waals surface area (Å²) in [5, 5.41) is 3.26. The molecule has 0 aliphatic carbocycles.